The van der Waals surface area contributed by atoms with Crippen molar-refractivity contribution in [2.24, 2.45) is 5.10 Å². The number of hydrogen-bond donors (Lipinski definition) is 0. The molecule has 0 fully saturated rings. The topological polar surface area (TPSA) is 68.2 Å². The molecule has 0 bridgehead atoms. The molecule has 138 valence electrons. The maximum absolute atomic E-state index is 12.3. The van der Waals surface area contributed by atoms with Crippen molar-refractivity contribution in [3.63, 3.8) is 0 Å². The minimum Gasteiger partial charge on any atom is -0.493 e. The van der Waals surface area contributed by atoms with E-state index in [9.17, 15) is 8.42 Å². The van der Waals surface area contributed by atoms with E-state index in [-0.39, 0.29) is 0 Å². The van der Waals surface area contributed by atoms with Crippen molar-refractivity contribution >= 4 is 27.3 Å². The van der Waals surface area contributed by atoms with Gasteiger partial charge in [0.1, 0.15) is 0 Å². The van der Waals surface area contributed by atoms with E-state index in [1.54, 1.807) is 25.3 Å². The Morgan fingerprint density at radius 2 is 1.81 bits per heavy atom. The van der Waals surface area contributed by atoms with Crippen molar-refractivity contribution in [1.29, 1.82) is 0 Å². The van der Waals surface area contributed by atoms with Crippen LogP contribution in [0.3, 0.4) is 0 Å². The van der Waals surface area contributed by atoms with Crippen molar-refractivity contribution in [1.82, 2.24) is 4.41 Å². The van der Waals surface area contributed by atoms with Crippen molar-refractivity contribution in [3.05, 3.63) is 58.6 Å². The molecule has 1 aliphatic rings. The molecule has 2 aromatic rings. The molecule has 1 heterocycles. The van der Waals surface area contributed by atoms with Gasteiger partial charge in [-0.25, -0.2) is 8.42 Å². The van der Waals surface area contributed by atoms with Crippen LogP contribution in [0.1, 0.15) is 23.6 Å². The maximum Gasteiger partial charge on any atom is 0.247 e. The Morgan fingerprint density at radius 1 is 1.12 bits per heavy atom. The molecule has 0 saturated carbocycles. The van der Waals surface area contributed by atoms with Gasteiger partial charge in [-0.2, -0.15) is 9.52 Å². The molecular weight excluding hydrogens is 376 g/mol. The zero-order valence-electron chi connectivity index (χ0n) is 14.6. The molecule has 8 heteroatoms. The van der Waals surface area contributed by atoms with Gasteiger partial charge in [0.2, 0.25) is 10.0 Å². The Kier molecular flexibility index (Phi) is 5.11. The van der Waals surface area contributed by atoms with Gasteiger partial charge in [0, 0.05) is 17.0 Å². The molecular formula is C18H19ClN2O4S. The number of sulfonamides is 1. The minimum atomic E-state index is -3.56. The smallest absolute Gasteiger partial charge is 0.247 e. The summed E-state index contributed by atoms with van der Waals surface area (Å²) < 4.78 is 36.3. The first-order valence-corrected chi connectivity index (χ1v) is 10.1. The summed E-state index contributed by atoms with van der Waals surface area (Å²) in [6.07, 6.45) is 1.55. The van der Waals surface area contributed by atoms with Gasteiger partial charge in [-0.3, -0.25) is 0 Å². The van der Waals surface area contributed by atoms with E-state index < -0.39 is 16.1 Å². The second kappa shape index (κ2) is 7.17. The summed E-state index contributed by atoms with van der Waals surface area (Å²) in [6, 6.07) is 12.1. The predicted molar refractivity (Wildman–Crippen MR) is 102 cm³/mol. The highest BCUT2D eigenvalue weighted by molar-refractivity contribution is 7.88. The predicted octanol–water partition coefficient (Wildman–Crippen LogP) is 3.47. The lowest BCUT2D eigenvalue weighted by molar-refractivity contribution is 0.349. The highest BCUT2D eigenvalue weighted by atomic mass is 35.5. The average molecular weight is 395 g/mol. The fourth-order valence-electron chi connectivity index (χ4n) is 2.96. The quantitative estimate of drug-likeness (QED) is 0.778. The van der Waals surface area contributed by atoms with E-state index in [4.69, 9.17) is 21.1 Å². The van der Waals surface area contributed by atoms with E-state index in [1.807, 2.05) is 24.3 Å². The third kappa shape index (κ3) is 3.50. The molecule has 2 aromatic carbocycles. The van der Waals surface area contributed by atoms with E-state index in [1.165, 1.54) is 7.11 Å². The Bertz CT molecular complexity index is 959. The van der Waals surface area contributed by atoms with Gasteiger partial charge >= 0.3 is 0 Å². The van der Waals surface area contributed by atoms with Gasteiger partial charge in [-0.15, -0.1) is 0 Å². The van der Waals surface area contributed by atoms with Crippen LogP contribution < -0.4 is 9.47 Å². The number of hydrogen-bond acceptors (Lipinski definition) is 5. The van der Waals surface area contributed by atoms with Crippen LogP contribution >= 0.6 is 11.6 Å². The second-order valence-electron chi connectivity index (χ2n) is 5.90. The zero-order chi connectivity index (χ0) is 18.9. The van der Waals surface area contributed by atoms with E-state index in [2.05, 4.69) is 5.10 Å². The number of halogens is 1. The zero-order valence-corrected chi connectivity index (χ0v) is 16.2. The molecule has 26 heavy (non-hydrogen) atoms. The molecule has 0 aliphatic carbocycles. The monoisotopic (exact) mass is 394 g/mol. The fourth-order valence-corrected chi connectivity index (χ4v) is 4.11. The lowest BCUT2D eigenvalue weighted by Gasteiger charge is -2.22. The number of nitrogens with zero attached hydrogens (tertiary/aromatic N) is 2. The van der Waals surface area contributed by atoms with Crippen LogP contribution in [0.25, 0.3) is 0 Å². The average Bonchev–Trinajstić information content (AvgIpc) is 3.07. The molecule has 0 aromatic heterocycles. The van der Waals surface area contributed by atoms with Crippen LogP contribution in [0.5, 0.6) is 11.5 Å². The Morgan fingerprint density at radius 3 is 2.42 bits per heavy atom. The second-order valence-corrected chi connectivity index (χ2v) is 8.14. The van der Waals surface area contributed by atoms with Crippen molar-refractivity contribution in [3.8, 4) is 11.5 Å². The van der Waals surface area contributed by atoms with Crippen LogP contribution in [0.2, 0.25) is 5.02 Å². The van der Waals surface area contributed by atoms with Crippen molar-refractivity contribution < 1.29 is 17.9 Å². The van der Waals surface area contributed by atoms with Crippen LogP contribution in [-0.2, 0) is 10.0 Å². The van der Waals surface area contributed by atoms with Crippen molar-refractivity contribution in [2.75, 3.05) is 20.5 Å². The van der Waals surface area contributed by atoms with Crippen molar-refractivity contribution in [2.45, 2.75) is 12.5 Å². The lowest BCUT2D eigenvalue weighted by atomic mass is 9.99. The van der Waals surface area contributed by atoms with Gasteiger partial charge in [-0.1, -0.05) is 35.9 Å². The lowest BCUT2D eigenvalue weighted by Crippen LogP contribution is -2.25. The summed E-state index contributed by atoms with van der Waals surface area (Å²) in [6.45, 7) is 0. The first kappa shape index (κ1) is 18.5. The normalized spacial score (nSPS) is 17.2. The summed E-state index contributed by atoms with van der Waals surface area (Å²) in [4.78, 5) is 0. The molecule has 1 atom stereocenters. The maximum atomic E-state index is 12.3. The van der Waals surface area contributed by atoms with E-state index in [0.29, 0.717) is 28.7 Å². The first-order valence-electron chi connectivity index (χ1n) is 7.89. The molecule has 0 saturated heterocycles. The standard InChI is InChI=1S/C18H19ClN2O4S/c1-24-17-9-8-12(10-18(17)25-2)16-11-15(20-21(16)26(3,22)23)13-6-4-5-7-14(13)19/h4-10,16H,11H2,1-3H3/t16-/m0/s1. The first-order chi connectivity index (χ1) is 12.3. The highest BCUT2D eigenvalue weighted by Crippen LogP contribution is 2.39. The summed E-state index contributed by atoms with van der Waals surface area (Å²) in [5, 5.41) is 4.89. The van der Waals surface area contributed by atoms with Gasteiger partial charge in [0.15, 0.2) is 11.5 Å². The number of rotatable bonds is 5. The van der Waals surface area contributed by atoms with Crippen LogP contribution in [0, 0.1) is 0 Å². The Hall–Kier alpha value is -2.25. The molecule has 0 amide bonds. The molecule has 1 aliphatic heterocycles. The largest absolute Gasteiger partial charge is 0.493 e. The van der Waals surface area contributed by atoms with Crippen LogP contribution in [-0.4, -0.2) is 39.0 Å². The number of benzene rings is 2. The molecule has 6 nitrogen and oxygen atoms in total. The SMILES string of the molecule is COc1ccc([C@@H]2CC(c3ccccc3Cl)=NN2S(C)(=O)=O)cc1OC. The van der Waals surface area contributed by atoms with Crippen LogP contribution in [0.15, 0.2) is 47.6 Å². The number of ether oxygens (including phenoxy) is 2. The van der Waals surface area contributed by atoms with Gasteiger partial charge in [-0.05, 0) is 23.8 Å². The number of methoxy groups -OCH3 is 2. The third-order valence-corrected chi connectivity index (χ3v) is 5.53. The third-order valence-electron chi connectivity index (χ3n) is 4.19. The van der Waals surface area contributed by atoms with E-state index in [0.717, 1.165) is 21.8 Å². The minimum absolute atomic E-state index is 0.409. The molecule has 3 rings (SSSR count). The summed E-state index contributed by atoms with van der Waals surface area (Å²) >= 11 is 6.26. The van der Waals surface area contributed by atoms with Gasteiger partial charge < -0.3 is 9.47 Å². The molecule has 0 N–H and O–H groups in total. The summed E-state index contributed by atoms with van der Waals surface area (Å²) in [7, 11) is -0.470. The number of hydrazone groups is 1. The fraction of sp³-hybridized carbons (Fsp3) is 0.278. The van der Waals surface area contributed by atoms with Gasteiger partial charge in [0.25, 0.3) is 0 Å². The Labute approximate surface area is 158 Å². The molecule has 0 radical (unpaired) electrons. The van der Waals surface area contributed by atoms with Crippen LogP contribution in [0.4, 0.5) is 0 Å². The molecule has 0 spiro atoms. The highest BCUT2D eigenvalue weighted by Gasteiger charge is 2.35. The Balaban J connectivity index is 2.04. The van der Waals surface area contributed by atoms with Gasteiger partial charge in [0.05, 0.1) is 32.2 Å². The summed E-state index contributed by atoms with van der Waals surface area (Å²) in [5.41, 5.74) is 2.12. The molecule has 0 unspecified atom stereocenters. The van der Waals surface area contributed by atoms with E-state index >= 15 is 0 Å². The summed E-state index contributed by atoms with van der Waals surface area (Å²) in [5.74, 6) is 1.11.